The van der Waals surface area contributed by atoms with Gasteiger partial charge < -0.3 is 14.2 Å². The first-order valence-electron chi connectivity index (χ1n) is 9.96. The van der Waals surface area contributed by atoms with Crippen LogP contribution in [0.2, 0.25) is 0 Å². The van der Waals surface area contributed by atoms with Crippen LogP contribution in [0.1, 0.15) is 55.4 Å². The molecule has 4 aliphatic carbocycles. The van der Waals surface area contributed by atoms with Gasteiger partial charge in [-0.25, -0.2) is 4.79 Å². The number of aromatic nitrogens is 1. The SMILES string of the molecule is Cn1cccc1C(=O)OCC(=O)N(CCC#N)C12CC3CC(CC(C3)C1)C2. The molecule has 1 heterocycles. The van der Waals surface area contributed by atoms with E-state index in [2.05, 4.69) is 6.07 Å². The number of nitriles is 1. The van der Waals surface area contributed by atoms with Crippen molar-refractivity contribution in [3.8, 4) is 6.07 Å². The van der Waals surface area contributed by atoms with Crippen LogP contribution in [-0.2, 0) is 16.6 Å². The van der Waals surface area contributed by atoms with Gasteiger partial charge in [0.15, 0.2) is 6.61 Å². The number of carbonyl (C=O) groups is 2. The van der Waals surface area contributed by atoms with Gasteiger partial charge in [0.2, 0.25) is 0 Å². The Kier molecular flexibility index (Phi) is 4.71. The zero-order valence-electron chi connectivity index (χ0n) is 15.9. The fourth-order valence-corrected chi connectivity index (χ4v) is 6.14. The van der Waals surface area contributed by atoms with E-state index in [0.29, 0.717) is 36.4 Å². The number of rotatable bonds is 6. The Morgan fingerprint density at radius 1 is 1.26 bits per heavy atom. The number of esters is 1. The summed E-state index contributed by atoms with van der Waals surface area (Å²) in [7, 11) is 1.77. The van der Waals surface area contributed by atoms with Crippen molar-refractivity contribution >= 4 is 11.9 Å². The van der Waals surface area contributed by atoms with E-state index in [1.165, 1.54) is 19.3 Å². The van der Waals surface area contributed by atoms with Crippen LogP contribution in [0.15, 0.2) is 18.3 Å². The number of ether oxygens (including phenoxy) is 1. The van der Waals surface area contributed by atoms with Crippen molar-refractivity contribution in [3.05, 3.63) is 24.0 Å². The van der Waals surface area contributed by atoms with Gasteiger partial charge in [-0.2, -0.15) is 5.26 Å². The van der Waals surface area contributed by atoms with Crippen LogP contribution in [0, 0.1) is 29.1 Å². The molecule has 6 nitrogen and oxygen atoms in total. The summed E-state index contributed by atoms with van der Waals surface area (Å²) in [4.78, 5) is 27.2. The third-order valence-electron chi connectivity index (χ3n) is 6.81. The highest BCUT2D eigenvalue weighted by Gasteiger charge is 2.54. The molecule has 144 valence electrons. The molecule has 27 heavy (non-hydrogen) atoms. The second-order valence-electron chi connectivity index (χ2n) is 8.68. The first-order chi connectivity index (χ1) is 13.0. The summed E-state index contributed by atoms with van der Waals surface area (Å²) in [6, 6.07) is 5.63. The number of hydrogen-bond donors (Lipinski definition) is 0. The lowest BCUT2D eigenvalue weighted by molar-refractivity contribution is -0.153. The van der Waals surface area contributed by atoms with Gasteiger partial charge in [0, 0.05) is 25.3 Å². The van der Waals surface area contributed by atoms with Gasteiger partial charge in [0.05, 0.1) is 12.5 Å². The number of carbonyl (C=O) groups excluding carboxylic acids is 2. The second-order valence-corrected chi connectivity index (χ2v) is 8.68. The van der Waals surface area contributed by atoms with Crippen LogP contribution in [-0.4, -0.2) is 40.0 Å². The topological polar surface area (TPSA) is 75.3 Å². The van der Waals surface area contributed by atoms with E-state index in [-0.39, 0.29) is 18.1 Å². The van der Waals surface area contributed by atoms with Gasteiger partial charge in [0.25, 0.3) is 5.91 Å². The van der Waals surface area contributed by atoms with E-state index in [4.69, 9.17) is 10.00 Å². The van der Waals surface area contributed by atoms with Crippen LogP contribution < -0.4 is 0 Å². The lowest BCUT2D eigenvalue weighted by atomic mass is 9.52. The molecular weight excluding hydrogens is 342 g/mol. The summed E-state index contributed by atoms with van der Waals surface area (Å²) in [5.74, 6) is 1.48. The van der Waals surface area contributed by atoms with Gasteiger partial charge in [-0.15, -0.1) is 0 Å². The van der Waals surface area contributed by atoms with Crippen molar-refractivity contribution in [1.29, 1.82) is 5.26 Å². The van der Waals surface area contributed by atoms with Crippen molar-refractivity contribution in [2.24, 2.45) is 24.8 Å². The molecule has 0 spiro atoms. The van der Waals surface area contributed by atoms with E-state index in [1.54, 1.807) is 29.9 Å². The highest BCUT2D eigenvalue weighted by molar-refractivity contribution is 5.90. The number of hydrogen-bond acceptors (Lipinski definition) is 4. The van der Waals surface area contributed by atoms with E-state index < -0.39 is 5.97 Å². The normalized spacial score (nSPS) is 30.7. The summed E-state index contributed by atoms with van der Waals surface area (Å²) >= 11 is 0. The monoisotopic (exact) mass is 369 g/mol. The number of amides is 1. The zero-order valence-corrected chi connectivity index (χ0v) is 15.9. The summed E-state index contributed by atoms with van der Waals surface area (Å²) in [5, 5.41) is 9.08. The lowest BCUT2D eigenvalue weighted by Crippen LogP contribution is -2.62. The van der Waals surface area contributed by atoms with Crippen LogP contribution in [0.3, 0.4) is 0 Å². The smallest absolute Gasteiger partial charge is 0.355 e. The van der Waals surface area contributed by atoms with Gasteiger partial charge >= 0.3 is 5.97 Å². The summed E-state index contributed by atoms with van der Waals surface area (Å²) in [5.41, 5.74) is 0.307. The molecule has 1 aromatic rings. The standard InChI is InChI=1S/C21H27N3O3/c1-23-6-2-4-18(23)20(26)27-14-19(25)24(7-3-5-22)21-11-15-8-16(12-21)10-17(9-15)13-21/h2,4,6,15-17H,3,7-14H2,1H3. The van der Waals surface area contributed by atoms with Crippen LogP contribution in [0.5, 0.6) is 0 Å². The molecule has 6 heteroatoms. The predicted octanol–water partition coefficient (Wildman–Crippen LogP) is 2.89. The maximum absolute atomic E-state index is 13.1. The molecule has 4 bridgehead atoms. The van der Waals surface area contributed by atoms with Crippen molar-refractivity contribution < 1.29 is 14.3 Å². The average Bonchev–Trinajstić information content (AvgIpc) is 3.04. The van der Waals surface area contributed by atoms with E-state index in [1.807, 2.05) is 4.90 Å². The van der Waals surface area contributed by atoms with Crippen molar-refractivity contribution in [2.45, 2.75) is 50.5 Å². The first kappa shape index (κ1) is 18.1. The molecule has 0 N–H and O–H groups in total. The average molecular weight is 369 g/mol. The van der Waals surface area contributed by atoms with E-state index >= 15 is 0 Å². The van der Waals surface area contributed by atoms with Crippen LogP contribution in [0.25, 0.3) is 0 Å². The third kappa shape index (κ3) is 3.36. The largest absolute Gasteiger partial charge is 0.451 e. The Balaban J connectivity index is 1.47. The van der Waals surface area contributed by atoms with Crippen LogP contribution >= 0.6 is 0 Å². The van der Waals surface area contributed by atoms with Gasteiger partial charge in [-0.05, 0) is 68.4 Å². The van der Waals surface area contributed by atoms with E-state index in [0.717, 1.165) is 19.3 Å². The highest BCUT2D eigenvalue weighted by atomic mass is 16.5. The molecule has 0 atom stereocenters. The van der Waals surface area contributed by atoms with Crippen LogP contribution in [0.4, 0.5) is 0 Å². The summed E-state index contributed by atoms with van der Waals surface area (Å²) in [6.45, 7) is 0.181. The minimum atomic E-state index is -0.485. The molecule has 4 fully saturated rings. The lowest BCUT2D eigenvalue weighted by Gasteiger charge is -2.60. The highest BCUT2D eigenvalue weighted by Crippen LogP contribution is 2.57. The molecule has 0 radical (unpaired) electrons. The first-order valence-corrected chi connectivity index (χ1v) is 9.96. The summed E-state index contributed by atoms with van der Waals surface area (Å²) < 4.78 is 7.00. The zero-order chi connectivity index (χ0) is 19.0. The molecule has 1 amide bonds. The fourth-order valence-electron chi connectivity index (χ4n) is 6.14. The van der Waals surface area contributed by atoms with Crippen molar-refractivity contribution in [1.82, 2.24) is 9.47 Å². The van der Waals surface area contributed by atoms with Gasteiger partial charge in [0.1, 0.15) is 5.69 Å². The molecule has 1 aromatic heterocycles. The Bertz CT molecular complexity index is 741. The predicted molar refractivity (Wildman–Crippen MR) is 98.5 cm³/mol. The molecule has 0 aromatic carbocycles. The Morgan fingerprint density at radius 2 is 1.89 bits per heavy atom. The molecule has 4 saturated carbocycles. The Morgan fingerprint density at radius 3 is 2.41 bits per heavy atom. The number of aryl methyl sites for hydroxylation is 1. The number of nitrogens with zero attached hydrogens (tertiary/aromatic N) is 3. The van der Waals surface area contributed by atoms with Crippen molar-refractivity contribution in [3.63, 3.8) is 0 Å². The summed E-state index contributed by atoms with van der Waals surface area (Å²) in [6.07, 6.45) is 9.10. The minimum Gasteiger partial charge on any atom is -0.451 e. The van der Waals surface area contributed by atoms with Crippen molar-refractivity contribution in [2.75, 3.05) is 13.2 Å². The third-order valence-corrected chi connectivity index (χ3v) is 6.81. The van der Waals surface area contributed by atoms with E-state index in [9.17, 15) is 9.59 Å². The second kappa shape index (κ2) is 7.03. The van der Waals surface area contributed by atoms with Gasteiger partial charge in [-0.3, -0.25) is 4.79 Å². The maximum atomic E-state index is 13.1. The molecule has 5 rings (SSSR count). The molecule has 4 aliphatic rings. The fraction of sp³-hybridized carbons (Fsp3) is 0.667. The Hall–Kier alpha value is -2.29. The molecule has 0 aliphatic heterocycles. The quantitative estimate of drug-likeness (QED) is 0.723. The Labute approximate surface area is 160 Å². The maximum Gasteiger partial charge on any atom is 0.355 e. The molecule has 0 unspecified atom stereocenters. The molecule has 0 saturated heterocycles. The van der Waals surface area contributed by atoms with Gasteiger partial charge in [-0.1, -0.05) is 0 Å². The minimum absolute atomic E-state index is 0.125. The molecular formula is C21H27N3O3.